The molecule has 2 saturated heterocycles. The zero-order valence-electron chi connectivity index (χ0n) is 17.6. The highest BCUT2D eigenvalue weighted by molar-refractivity contribution is 5.48. The Bertz CT molecular complexity index is 914. The number of nitrogens with one attached hydrogen (secondary N) is 1. The van der Waals surface area contributed by atoms with Gasteiger partial charge in [-0.25, -0.2) is 4.98 Å². The topological polar surface area (TPSA) is 64.7 Å². The van der Waals surface area contributed by atoms with Gasteiger partial charge >= 0.3 is 0 Å². The normalized spacial score (nSPS) is 20.3. The molecule has 0 aliphatic carbocycles. The summed E-state index contributed by atoms with van der Waals surface area (Å²) in [4.78, 5) is 27.4. The van der Waals surface area contributed by atoms with E-state index in [0.717, 1.165) is 50.4 Å². The smallest absolute Gasteiger partial charge is 0.255 e. The molecule has 160 valence electrons. The lowest BCUT2D eigenvalue weighted by molar-refractivity contribution is 0.122. The minimum atomic E-state index is 0.0204. The molecule has 3 aliphatic heterocycles. The maximum atomic E-state index is 12.6. The second-order valence-electron chi connectivity index (χ2n) is 8.59. The molecule has 30 heavy (non-hydrogen) atoms. The number of morpholine rings is 1. The first-order valence-corrected chi connectivity index (χ1v) is 11.3. The second-order valence-corrected chi connectivity index (χ2v) is 8.59. The van der Waals surface area contributed by atoms with E-state index in [-0.39, 0.29) is 5.56 Å². The molecule has 7 nitrogen and oxygen atoms in total. The third-order valence-corrected chi connectivity index (χ3v) is 6.51. The SMILES string of the molecule is O=c1[nH]c(N2CCOCC2)nc2c1CCN(Cc1ccc(N3CCCCC3)cc1)C2. The summed E-state index contributed by atoms with van der Waals surface area (Å²) in [6.45, 7) is 7.76. The average molecular weight is 410 g/mol. The molecule has 0 spiro atoms. The molecule has 3 aliphatic rings. The third-order valence-electron chi connectivity index (χ3n) is 6.51. The van der Waals surface area contributed by atoms with Crippen molar-refractivity contribution in [3.05, 3.63) is 51.4 Å². The third kappa shape index (κ3) is 4.23. The molecule has 0 unspecified atom stereocenters. The fraction of sp³-hybridized carbons (Fsp3) is 0.565. The fourth-order valence-electron chi connectivity index (χ4n) is 4.76. The van der Waals surface area contributed by atoms with Crippen molar-refractivity contribution in [2.24, 2.45) is 0 Å². The maximum absolute atomic E-state index is 12.6. The highest BCUT2D eigenvalue weighted by Gasteiger charge is 2.23. The van der Waals surface area contributed by atoms with Gasteiger partial charge in [0, 0.05) is 57.1 Å². The van der Waals surface area contributed by atoms with Crippen molar-refractivity contribution in [2.75, 3.05) is 55.7 Å². The predicted octanol–water partition coefficient (Wildman–Crippen LogP) is 2.16. The van der Waals surface area contributed by atoms with Crippen LogP contribution in [-0.2, 0) is 24.2 Å². The Kier molecular flexibility index (Phi) is 5.73. The van der Waals surface area contributed by atoms with Crippen molar-refractivity contribution in [1.29, 1.82) is 0 Å². The minimum Gasteiger partial charge on any atom is -0.378 e. The molecule has 0 radical (unpaired) electrons. The second kappa shape index (κ2) is 8.78. The number of piperidine rings is 1. The van der Waals surface area contributed by atoms with Crippen molar-refractivity contribution in [1.82, 2.24) is 14.9 Å². The Hall–Kier alpha value is -2.38. The Morgan fingerprint density at radius 1 is 0.933 bits per heavy atom. The molecule has 1 N–H and O–H groups in total. The zero-order valence-corrected chi connectivity index (χ0v) is 17.6. The lowest BCUT2D eigenvalue weighted by Gasteiger charge is -2.31. The van der Waals surface area contributed by atoms with Crippen LogP contribution in [0.1, 0.15) is 36.1 Å². The molecular weight excluding hydrogens is 378 g/mol. The van der Waals surface area contributed by atoms with E-state index in [1.165, 1.54) is 43.6 Å². The highest BCUT2D eigenvalue weighted by atomic mass is 16.5. The van der Waals surface area contributed by atoms with E-state index in [0.29, 0.717) is 19.2 Å². The first-order chi connectivity index (χ1) is 14.8. The van der Waals surface area contributed by atoms with Gasteiger partial charge in [-0.1, -0.05) is 12.1 Å². The molecular formula is C23H31N5O2. The van der Waals surface area contributed by atoms with E-state index in [1.54, 1.807) is 0 Å². The molecule has 1 aromatic heterocycles. The van der Waals surface area contributed by atoms with E-state index < -0.39 is 0 Å². The number of rotatable bonds is 4. The van der Waals surface area contributed by atoms with E-state index in [4.69, 9.17) is 9.72 Å². The summed E-state index contributed by atoms with van der Waals surface area (Å²) in [5, 5.41) is 0. The monoisotopic (exact) mass is 409 g/mol. The summed E-state index contributed by atoms with van der Waals surface area (Å²) >= 11 is 0. The Balaban J connectivity index is 1.27. The summed E-state index contributed by atoms with van der Waals surface area (Å²) in [5.74, 6) is 0.690. The van der Waals surface area contributed by atoms with Crippen molar-refractivity contribution < 1.29 is 4.74 Å². The largest absolute Gasteiger partial charge is 0.378 e. The summed E-state index contributed by atoms with van der Waals surface area (Å²) in [7, 11) is 0. The molecule has 0 saturated carbocycles. The summed E-state index contributed by atoms with van der Waals surface area (Å²) in [6, 6.07) is 9.03. The van der Waals surface area contributed by atoms with Crippen molar-refractivity contribution in [2.45, 2.75) is 38.8 Å². The summed E-state index contributed by atoms with van der Waals surface area (Å²) in [6.07, 6.45) is 4.71. The van der Waals surface area contributed by atoms with Gasteiger partial charge in [0.1, 0.15) is 0 Å². The Labute approximate surface area is 177 Å². The number of benzene rings is 1. The average Bonchev–Trinajstić information content (AvgIpc) is 2.80. The first-order valence-electron chi connectivity index (χ1n) is 11.3. The van der Waals surface area contributed by atoms with Gasteiger partial charge in [0.2, 0.25) is 5.95 Å². The Morgan fingerprint density at radius 3 is 2.47 bits per heavy atom. The van der Waals surface area contributed by atoms with Gasteiger partial charge in [-0.2, -0.15) is 0 Å². The Morgan fingerprint density at radius 2 is 1.70 bits per heavy atom. The van der Waals surface area contributed by atoms with Crippen LogP contribution in [0.4, 0.5) is 11.6 Å². The van der Waals surface area contributed by atoms with Crippen molar-refractivity contribution >= 4 is 11.6 Å². The number of ether oxygens (including phenoxy) is 1. The summed E-state index contributed by atoms with van der Waals surface area (Å²) < 4.78 is 5.42. The van der Waals surface area contributed by atoms with Gasteiger partial charge in [-0.3, -0.25) is 14.7 Å². The molecule has 5 rings (SSSR count). The number of fused-ring (bicyclic) bond motifs is 1. The van der Waals surface area contributed by atoms with Crippen LogP contribution < -0.4 is 15.4 Å². The molecule has 4 heterocycles. The molecule has 1 aromatic carbocycles. The van der Waals surface area contributed by atoms with Gasteiger partial charge in [0.05, 0.1) is 18.9 Å². The number of hydrogen-bond donors (Lipinski definition) is 1. The molecule has 7 heteroatoms. The van der Waals surface area contributed by atoms with E-state index in [1.807, 2.05) is 0 Å². The number of H-pyrrole nitrogens is 1. The first kappa shape index (κ1) is 19.6. The van der Waals surface area contributed by atoms with Gasteiger partial charge in [0.15, 0.2) is 0 Å². The van der Waals surface area contributed by atoms with Gasteiger partial charge in [0.25, 0.3) is 5.56 Å². The lowest BCUT2D eigenvalue weighted by atomic mass is 10.1. The lowest BCUT2D eigenvalue weighted by Crippen LogP contribution is -2.40. The number of aromatic amines is 1. The molecule has 0 amide bonds. The van der Waals surface area contributed by atoms with Crippen LogP contribution in [0, 0.1) is 0 Å². The van der Waals surface area contributed by atoms with Crippen molar-refractivity contribution in [3.8, 4) is 0 Å². The molecule has 0 atom stereocenters. The number of anilines is 2. The van der Waals surface area contributed by atoms with Crippen molar-refractivity contribution in [3.63, 3.8) is 0 Å². The van der Waals surface area contributed by atoms with Crippen LogP contribution in [0.2, 0.25) is 0 Å². The number of hydrogen-bond acceptors (Lipinski definition) is 6. The minimum absolute atomic E-state index is 0.0204. The predicted molar refractivity (Wildman–Crippen MR) is 118 cm³/mol. The molecule has 2 fully saturated rings. The van der Waals surface area contributed by atoms with Gasteiger partial charge < -0.3 is 14.5 Å². The van der Waals surface area contributed by atoms with E-state index in [2.05, 4.69) is 43.9 Å². The van der Waals surface area contributed by atoms with E-state index in [9.17, 15) is 4.79 Å². The maximum Gasteiger partial charge on any atom is 0.255 e. The number of nitrogens with zero attached hydrogens (tertiary/aromatic N) is 4. The fourth-order valence-corrected chi connectivity index (χ4v) is 4.76. The van der Waals surface area contributed by atoms with Crippen LogP contribution >= 0.6 is 0 Å². The van der Waals surface area contributed by atoms with Crippen LogP contribution in [0.25, 0.3) is 0 Å². The molecule has 2 aromatic rings. The standard InChI is InChI=1S/C23H31N5O2/c29-22-20-8-11-26(17-21(20)24-23(25-22)28-12-14-30-15-13-28)16-18-4-6-19(7-5-18)27-9-2-1-3-10-27/h4-7H,1-3,8-17H2,(H,24,25,29). The molecule has 0 bridgehead atoms. The highest BCUT2D eigenvalue weighted by Crippen LogP contribution is 2.22. The van der Waals surface area contributed by atoms with E-state index >= 15 is 0 Å². The van der Waals surface area contributed by atoms with Gasteiger partial charge in [-0.15, -0.1) is 0 Å². The van der Waals surface area contributed by atoms with Crippen LogP contribution in [0.5, 0.6) is 0 Å². The summed E-state index contributed by atoms with van der Waals surface area (Å²) in [5.41, 5.74) is 4.45. The van der Waals surface area contributed by atoms with Gasteiger partial charge in [-0.05, 0) is 43.4 Å². The van der Waals surface area contributed by atoms with Crippen LogP contribution in [0.15, 0.2) is 29.1 Å². The van der Waals surface area contributed by atoms with Crippen LogP contribution in [0.3, 0.4) is 0 Å². The van der Waals surface area contributed by atoms with Crippen LogP contribution in [-0.4, -0.2) is 60.8 Å². The quantitative estimate of drug-likeness (QED) is 0.835. The number of aromatic nitrogens is 2. The zero-order chi connectivity index (χ0) is 20.3.